The molecule has 1 heterocycles. The van der Waals surface area contributed by atoms with E-state index in [-0.39, 0.29) is 18.3 Å². The van der Waals surface area contributed by atoms with Crippen LogP contribution in [0.5, 0.6) is 5.75 Å². The van der Waals surface area contributed by atoms with E-state index in [2.05, 4.69) is 0 Å². The summed E-state index contributed by atoms with van der Waals surface area (Å²) in [4.78, 5) is 14.0. The standard InChI is InChI=1S/C16H22Cl2N2O2.ClH/c17-13-3-4-15(14(18)10-13)22-9-1-2-16(21)20-7-5-12(11-19)6-8-20;/h3-4,10,12H,1-2,5-9,11,19H2;1H. The van der Waals surface area contributed by atoms with Crippen LogP contribution < -0.4 is 10.5 Å². The van der Waals surface area contributed by atoms with Crippen molar-refractivity contribution >= 4 is 41.5 Å². The van der Waals surface area contributed by atoms with Crippen LogP contribution in [0.2, 0.25) is 10.0 Å². The molecule has 0 aromatic heterocycles. The molecule has 1 aliphatic rings. The molecule has 130 valence electrons. The quantitative estimate of drug-likeness (QED) is 0.763. The van der Waals surface area contributed by atoms with Crippen molar-refractivity contribution in [2.45, 2.75) is 25.7 Å². The highest BCUT2D eigenvalue weighted by atomic mass is 35.5. The maximum atomic E-state index is 12.1. The molecule has 23 heavy (non-hydrogen) atoms. The maximum absolute atomic E-state index is 12.1. The monoisotopic (exact) mass is 380 g/mol. The molecule has 0 saturated carbocycles. The SMILES string of the molecule is Cl.NCC1CCN(C(=O)CCCOc2ccc(Cl)cc2Cl)CC1. The van der Waals surface area contributed by atoms with Gasteiger partial charge >= 0.3 is 0 Å². The third kappa shape index (κ3) is 6.38. The summed E-state index contributed by atoms with van der Waals surface area (Å²) in [6, 6.07) is 5.12. The van der Waals surface area contributed by atoms with Crippen LogP contribution in [0.25, 0.3) is 0 Å². The largest absolute Gasteiger partial charge is 0.492 e. The van der Waals surface area contributed by atoms with Gasteiger partial charge in [-0.1, -0.05) is 23.2 Å². The van der Waals surface area contributed by atoms with E-state index in [4.69, 9.17) is 33.7 Å². The van der Waals surface area contributed by atoms with Gasteiger partial charge in [-0.3, -0.25) is 4.79 Å². The first-order chi connectivity index (χ1) is 10.6. The zero-order chi connectivity index (χ0) is 15.9. The Balaban J connectivity index is 0.00000264. The van der Waals surface area contributed by atoms with Crippen LogP contribution in [0.15, 0.2) is 18.2 Å². The summed E-state index contributed by atoms with van der Waals surface area (Å²) >= 11 is 11.9. The third-order valence-electron chi connectivity index (χ3n) is 3.99. The lowest BCUT2D eigenvalue weighted by Crippen LogP contribution is -2.40. The first-order valence-electron chi connectivity index (χ1n) is 7.66. The smallest absolute Gasteiger partial charge is 0.222 e. The second-order valence-corrected chi connectivity index (χ2v) is 6.43. The normalized spacial score (nSPS) is 15.2. The van der Waals surface area contributed by atoms with Gasteiger partial charge in [0.2, 0.25) is 5.91 Å². The molecule has 4 nitrogen and oxygen atoms in total. The minimum absolute atomic E-state index is 0. The van der Waals surface area contributed by atoms with Crippen LogP contribution in [0.4, 0.5) is 0 Å². The van der Waals surface area contributed by atoms with Crippen molar-refractivity contribution in [1.82, 2.24) is 4.90 Å². The van der Waals surface area contributed by atoms with E-state index in [1.807, 2.05) is 4.90 Å². The predicted octanol–water partition coefficient (Wildman–Crippen LogP) is 3.77. The second kappa shape index (κ2) is 10.2. The minimum atomic E-state index is 0. The third-order valence-corrected chi connectivity index (χ3v) is 4.52. The average Bonchev–Trinajstić information content (AvgIpc) is 2.53. The van der Waals surface area contributed by atoms with Gasteiger partial charge in [-0.25, -0.2) is 0 Å². The van der Waals surface area contributed by atoms with Gasteiger partial charge in [0, 0.05) is 24.5 Å². The van der Waals surface area contributed by atoms with Crippen molar-refractivity contribution < 1.29 is 9.53 Å². The molecule has 0 atom stereocenters. The van der Waals surface area contributed by atoms with Crippen LogP contribution in [0.3, 0.4) is 0 Å². The summed E-state index contributed by atoms with van der Waals surface area (Å²) in [7, 11) is 0. The maximum Gasteiger partial charge on any atom is 0.222 e. The van der Waals surface area contributed by atoms with Crippen LogP contribution in [0.1, 0.15) is 25.7 Å². The lowest BCUT2D eigenvalue weighted by atomic mass is 9.97. The van der Waals surface area contributed by atoms with Crippen LogP contribution >= 0.6 is 35.6 Å². The number of hydrogen-bond acceptors (Lipinski definition) is 3. The van der Waals surface area contributed by atoms with Crippen molar-refractivity contribution in [3.63, 3.8) is 0 Å². The molecule has 1 fully saturated rings. The van der Waals surface area contributed by atoms with Gasteiger partial charge in [-0.15, -0.1) is 12.4 Å². The molecule has 7 heteroatoms. The second-order valence-electron chi connectivity index (χ2n) is 5.59. The summed E-state index contributed by atoms with van der Waals surface area (Å²) < 4.78 is 5.59. The first-order valence-corrected chi connectivity index (χ1v) is 8.41. The number of hydrogen-bond donors (Lipinski definition) is 1. The number of amides is 1. The van der Waals surface area contributed by atoms with E-state index in [0.717, 1.165) is 32.5 Å². The fourth-order valence-electron chi connectivity index (χ4n) is 2.57. The van der Waals surface area contributed by atoms with E-state index >= 15 is 0 Å². The van der Waals surface area contributed by atoms with E-state index in [1.165, 1.54) is 0 Å². The van der Waals surface area contributed by atoms with Crippen molar-refractivity contribution in [2.75, 3.05) is 26.2 Å². The highest BCUT2D eigenvalue weighted by molar-refractivity contribution is 6.35. The highest BCUT2D eigenvalue weighted by Gasteiger charge is 2.21. The van der Waals surface area contributed by atoms with E-state index in [1.54, 1.807) is 18.2 Å². The molecule has 1 saturated heterocycles. The molecule has 1 aromatic carbocycles. The van der Waals surface area contributed by atoms with E-state index in [9.17, 15) is 4.79 Å². The van der Waals surface area contributed by atoms with Gasteiger partial charge in [0.05, 0.1) is 11.6 Å². The van der Waals surface area contributed by atoms with Gasteiger partial charge < -0.3 is 15.4 Å². The summed E-state index contributed by atoms with van der Waals surface area (Å²) in [5.74, 6) is 1.36. The lowest BCUT2D eigenvalue weighted by Gasteiger charge is -2.31. The summed E-state index contributed by atoms with van der Waals surface area (Å²) in [6.07, 6.45) is 3.20. The van der Waals surface area contributed by atoms with Crippen LogP contribution in [0, 0.1) is 5.92 Å². The number of nitrogens with zero attached hydrogens (tertiary/aromatic N) is 1. The predicted molar refractivity (Wildman–Crippen MR) is 96.8 cm³/mol. The highest BCUT2D eigenvalue weighted by Crippen LogP contribution is 2.27. The number of carbonyl (C=O) groups excluding carboxylic acids is 1. The number of halogens is 3. The van der Waals surface area contributed by atoms with Crippen molar-refractivity contribution in [3.8, 4) is 5.75 Å². The van der Waals surface area contributed by atoms with Gasteiger partial charge in [0.25, 0.3) is 0 Å². The Kier molecular flexibility index (Phi) is 9.07. The molecular formula is C16H23Cl3N2O2. The molecule has 0 radical (unpaired) electrons. The van der Waals surface area contributed by atoms with Gasteiger partial charge in [0.15, 0.2) is 0 Å². The average molecular weight is 382 g/mol. The number of likely N-dealkylation sites (tertiary alicyclic amines) is 1. The van der Waals surface area contributed by atoms with Crippen LogP contribution in [-0.4, -0.2) is 37.0 Å². The van der Waals surface area contributed by atoms with Gasteiger partial charge in [-0.2, -0.15) is 0 Å². The number of piperidine rings is 1. The Bertz CT molecular complexity index is 506. The number of carbonyl (C=O) groups is 1. The van der Waals surface area contributed by atoms with Crippen molar-refractivity contribution in [1.29, 1.82) is 0 Å². The van der Waals surface area contributed by atoms with Crippen molar-refractivity contribution in [2.24, 2.45) is 11.7 Å². The topological polar surface area (TPSA) is 55.6 Å². The summed E-state index contributed by atoms with van der Waals surface area (Å²) in [6.45, 7) is 2.83. The summed E-state index contributed by atoms with van der Waals surface area (Å²) in [5, 5.41) is 1.07. The molecule has 0 unspecified atom stereocenters. The van der Waals surface area contributed by atoms with Crippen molar-refractivity contribution in [3.05, 3.63) is 28.2 Å². The fourth-order valence-corrected chi connectivity index (χ4v) is 3.04. The number of benzene rings is 1. The number of ether oxygens (including phenoxy) is 1. The lowest BCUT2D eigenvalue weighted by molar-refractivity contribution is -0.132. The Morgan fingerprint density at radius 2 is 2.00 bits per heavy atom. The molecule has 2 N–H and O–H groups in total. The first kappa shape index (κ1) is 20.4. The Hall–Kier alpha value is -0.680. The molecule has 2 rings (SSSR count). The Labute approximate surface area is 153 Å². The van der Waals surface area contributed by atoms with E-state index in [0.29, 0.717) is 41.2 Å². The molecule has 1 aliphatic heterocycles. The van der Waals surface area contributed by atoms with Gasteiger partial charge in [0.1, 0.15) is 5.75 Å². The summed E-state index contributed by atoms with van der Waals surface area (Å²) in [5.41, 5.74) is 5.66. The number of rotatable bonds is 6. The molecule has 0 spiro atoms. The van der Waals surface area contributed by atoms with Crippen LogP contribution in [-0.2, 0) is 4.79 Å². The number of nitrogens with two attached hydrogens (primary N) is 1. The fraction of sp³-hybridized carbons (Fsp3) is 0.562. The van der Waals surface area contributed by atoms with E-state index < -0.39 is 0 Å². The zero-order valence-corrected chi connectivity index (χ0v) is 15.3. The molecule has 1 aromatic rings. The molecule has 1 amide bonds. The minimum Gasteiger partial charge on any atom is -0.492 e. The molecular weight excluding hydrogens is 359 g/mol. The molecule has 0 aliphatic carbocycles. The Morgan fingerprint density at radius 3 is 2.61 bits per heavy atom. The molecule has 0 bridgehead atoms. The zero-order valence-electron chi connectivity index (χ0n) is 13.0. The Morgan fingerprint density at radius 1 is 1.30 bits per heavy atom. The van der Waals surface area contributed by atoms with Gasteiger partial charge in [-0.05, 0) is 49.9 Å².